The monoisotopic (exact) mass is 626 g/mol. The van der Waals surface area contributed by atoms with Gasteiger partial charge in [0.25, 0.3) is 11.5 Å². The third-order valence-electron chi connectivity index (χ3n) is 8.62. The Balaban J connectivity index is 1.18. The van der Waals surface area contributed by atoms with Crippen LogP contribution in [-0.2, 0) is 16.9 Å². The normalized spacial score (nSPS) is 16.3. The highest BCUT2D eigenvalue weighted by molar-refractivity contribution is 7.91. The maximum atomic E-state index is 13.2. The van der Waals surface area contributed by atoms with Crippen molar-refractivity contribution < 1.29 is 13.2 Å². The lowest BCUT2D eigenvalue weighted by molar-refractivity contribution is 0.102. The number of benzene rings is 3. The van der Waals surface area contributed by atoms with Crippen LogP contribution in [0, 0.1) is 6.92 Å². The van der Waals surface area contributed by atoms with E-state index in [2.05, 4.69) is 20.5 Å². The Labute approximate surface area is 263 Å². The summed E-state index contributed by atoms with van der Waals surface area (Å²) in [6, 6.07) is 20.9. The Morgan fingerprint density at radius 3 is 2.11 bits per heavy atom. The third-order valence-corrected chi connectivity index (χ3v) is 10.2. The van der Waals surface area contributed by atoms with E-state index in [4.69, 9.17) is 0 Å². The van der Waals surface area contributed by atoms with Crippen LogP contribution in [0.25, 0.3) is 11.3 Å². The average Bonchev–Trinajstić information content (AvgIpc) is 3.05. The molecule has 234 valence electrons. The Morgan fingerprint density at radius 2 is 1.44 bits per heavy atom. The molecule has 45 heavy (non-hydrogen) atoms. The van der Waals surface area contributed by atoms with Crippen LogP contribution in [0.4, 0.5) is 28.6 Å². The first kappa shape index (κ1) is 30.4. The second-order valence-electron chi connectivity index (χ2n) is 11.7. The van der Waals surface area contributed by atoms with Gasteiger partial charge in [-0.05, 0) is 86.3 Å². The fourth-order valence-corrected chi connectivity index (χ4v) is 7.10. The molecular weight excluding hydrogens is 588 g/mol. The van der Waals surface area contributed by atoms with Crippen molar-refractivity contribution in [3.05, 3.63) is 94.4 Å². The standard InChI is InChI=1S/C34H38N6O4S/c1-24-29(7-6-8-30(24)37-33(41)25-9-13-27(14-10-25)39-17-4-3-5-18-39)31-23-38(2)34(42)32(36-31)35-26-11-15-28(16-12-26)40-19-21-45(43,44)22-20-40/h6-16,23H,3-5,17-22H2,1-2H3,(H,35,36)(H,37,41). The number of hydrogen-bond donors (Lipinski definition) is 2. The SMILES string of the molecule is Cc1c(NC(=O)c2ccc(N3CCCCC3)cc2)cccc1-c1cn(C)c(=O)c(Nc2ccc(N3CCS(=O)(=O)CC3)cc2)n1. The highest BCUT2D eigenvalue weighted by Crippen LogP contribution is 2.29. The topological polar surface area (TPSA) is 117 Å². The molecule has 0 saturated carbocycles. The average molecular weight is 627 g/mol. The molecule has 11 heteroatoms. The van der Waals surface area contributed by atoms with Gasteiger partial charge in [-0.3, -0.25) is 9.59 Å². The van der Waals surface area contributed by atoms with Gasteiger partial charge in [0.2, 0.25) is 0 Å². The second kappa shape index (κ2) is 12.8. The van der Waals surface area contributed by atoms with Crippen LogP contribution in [0.1, 0.15) is 35.2 Å². The van der Waals surface area contributed by atoms with Crippen molar-refractivity contribution in [2.45, 2.75) is 26.2 Å². The molecule has 2 aliphatic heterocycles. The number of aryl methyl sites for hydroxylation is 1. The number of rotatable bonds is 7. The summed E-state index contributed by atoms with van der Waals surface area (Å²) in [7, 11) is -1.28. The molecule has 4 aromatic rings. The highest BCUT2D eigenvalue weighted by atomic mass is 32.2. The third kappa shape index (κ3) is 6.88. The van der Waals surface area contributed by atoms with Crippen LogP contribution in [0.2, 0.25) is 0 Å². The zero-order chi connectivity index (χ0) is 31.6. The fourth-order valence-electron chi connectivity index (χ4n) is 5.90. The molecule has 1 aromatic heterocycles. The van der Waals surface area contributed by atoms with Gasteiger partial charge in [-0.1, -0.05) is 12.1 Å². The van der Waals surface area contributed by atoms with E-state index in [-0.39, 0.29) is 28.8 Å². The van der Waals surface area contributed by atoms with Gasteiger partial charge >= 0.3 is 0 Å². The smallest absolute Gasteiger partial charge is 0.293 e. The van der Waals surface area contributed by atoms with E-state index in [1.807, 2.05) is 78.6 Å². The van der Waals surface area contributed by atoms with E-state index in [1.165, 1.54) is 23.8 Å². The van der Waals surface area contributed by atoms with Crippen molar-refractivity contribution in [2.24, 2.45) is 7.05 Å². The molecule has 3 aromatic carbocycles. The number of nitrogens with one attached hydrogen (secondary N) is 2. The molecule has 0 aliphatic carbocycles. The maximum absolute atomic E-state index is 13.2. The van der Waals surface area contributed by atoms with Gasteiger partial charge in [-0.25, -0.2) is 13.4 Å². The van der Waals surface area contributed by atoms with E-state index in [0.29, 0.717) is 35.7 Å². The Bertz CT molecular complexity index is 1850. The lowest BCUT2D eigenvalue weighted by atomic mass is 10.0. The molecule has 0 radical (unpaired) electrons. The Morgan fingerprint density at radius 1 is 0.822 bits per heavy atom. The van der Waals surface area contributed by atoms with E-state index in [9.17, 15) is 18.0 Å². The van der Waals surface area contributed by atoms with Gasteiger partial charge in [0, 0.05) is 73.3 Å². The van der Waals surface area contributed by atoms with Crippen molar-refractivity contribution in [2.75, 3.05) is 58.1 Å². The zero-order valence-electron chi connectivity index (χ0n) is 25.6. The first-order chi connectivity index (χ1) is 21.7. The lowest BCUT2D eigenvalue weighted by Gasteiger charge is -2.28. The zero-order valence-corrected chi connectivity index (χ0v) is 26.4. The van der Waals surface area contributed by atoms with Crippen LogP contribution < -0.4 is 26.0 Å². The van der Waals surface area contributed by atoms with Crippen molar-refractivity contribution in [3.8, 4) is 11.3 Å². The van der Waals surface area contributed by atoms with Crippen molar-refractivity contribution in [1.82, 2.24) is 9.55 Å². The fraction of sp³-hybridized carbons (Fsp3) is 0.324. The van der Waals surface area contributed by atoms with Crippen molar-refractivity contribution >= 4 is 44.3 Å². The molecular formula is C34H38N6O4S. The minimum atomic E-state index is -2.96. The molecule has 0 spiro atoms. The minimum Gasteiger partial charge on any atom is -0.372 e. The molecule has 3 heterocycles. The number of hydrogen-bond acceptors (Lipinski definition) is 8. The summed E-state index contributed by atoms with van der Waals surface area (Å²) in [5.74, 6) is 0.284. The summed E-state index contributed by atoms with van der Waals surface area (Å²) < 4.78 is 25.1. The van der Waals surface area contributed by atoms with Crippen LogP contribution in [0.5, 0.6) is 0 Å². The molecule has 0 bridgehead atoms. The molecule has 2 saturated heterocycles. The molecule has 0 atom stereocenters. The predicted molar refractivity (Wildman–Crippen MR) is 181 cm³/mol. The maximum Gasteiger partial charge on any atom is 0.293 e. The highest BCUT2D eigenvalue weighted by Gasteiger charge is 2.22. The van der Waals surface area contributed by atoms with Crippen LogP contribution in [-0.4, -0.2) is 61.6 Å². The van der Waals surface area contributed by atoms with Gasteiger partial charge in [0.1, 0.15) is 0 Å². The van der Waals surface area contributed by atoms with Crippen LogP contribution >= 0.6 is 0 Å². The number of nitrogens with zero attached hydrogens (tertiary/aromatic N) is 4. The van der Waals surface area contributed by atoms with E-state index in [0.717, 1.165) is 35.6 Å². The first-order valence-corrected chi connectivity index (χ1v) is 17.2. The number of amides is 1. The Hall–Kier alpha value is -4.64. The number of carbonyl (C=O) groups excluding carboxylic acids is 1. The van der Waals surface area contributed by atoms with Crippen LogP contribution in [0.15, 0.2) is 77.7 Å². The predicted octanol–water partition coefficient (Wildman–Crippen LogP) is 4.98. The molecule has 2 N–H and O–H groups in total. The second-order valence-corrected chi connectivity index (χ2v) is 14.0. The molecule has 10 nitrogen and oxygen atoms in total. The van der Waals surface area contributed by atoms with E-state index < -0.39 is 9.84 Å². The number of carbonyl (C=O) groups is 1. The number of sulfone groups is 1. The van der Waals surface area contributed by atoms with Gasteiger partial charge in [0.05, 0.1) is 17.2 Å². The van der Waals surface area contributed by atoms with E-state index >= 15 is 0 Å². The number of anilines is 5. The number of piperidine rings is 1. The van der Waals surface area contributed by atoms with Gasteiger partial charge in [-0.15, -0.1) is 0 Å². The van der Waals surface area contributed by atoms with E-state index in [1.54, 1.807) is 13.2 Å². The molecule has 6 rings (SSSR count). The largest absolute Gasteiger partial charge is 0.372 e. The Kier molecular flexibility index (Phi) is 8.62. The molecule has 1 amide bonds. The van der Waals surface area contributed by atoms with Gasteiger partial charge < -0.3 is 25.0 Å². The summed E-state index contributed by atoms with van der Waals surface area (Å²) >= 11 is 0. The van der Waals surface area contributed by atoms with Gasteiger partial charge in [0.15, 0.2) is 15.7 Å². The summed E-state index contributed by atoms with van der Waals surface area (Å²) in [4.78, 5) is 35.3. The number of aromatic nitrogens is 2. The van der Waals surface area contributed by atoms with Crippen molar-refractivity contribution in [1.29, 1.82) is 0 Å². The van der Waals surface area contributed by atoms with Gasteiger partial charge in [-0.2, -0.15) is 0 Å². The van der Waals surface area contributed by atoms with Crippen molar-refractivity contribution in [3.63, 3.8) is 0 Å². The summed E-state index contributed by atoms with van der Waals surface area (Å²) in [5, 5.41) is 6.20. The lowest BCUT2D eigenvalue weighted by Crippen LogP contribution is -2.40. The molecule has 0 unspecified atom stereocenters. The summed E-state index contributed by atoms with van der Waals surface area (Å²) in [6.45, 7) is 4.95. The first-order valence-electron chi connectivity index (χ1n) is 15.3. The summed E-state index contributed by atoms with van der Waals surface area (Å²) in [6.07, 6.45) is 5.35. The van der Waals surface area contributed by atoms with Crippen LogP contribution in [0.3, 0.4) is 0 Å². The quantitative estimate of drug-likeness (QED) is 0.295. The minimum absolute atomic E-state index is 0.149. The molecule has 2 aliphatic rings. The molecule has 2 fully saturated rings. The summed E-state index contributed by atoms with van der Waals surface area (Å²) in [5.41, 5.74) is 5.96.